The molecule has 0 bridgehead atoms. The molecule has 2 aromatic carbocycles. The topological polar surface area (TPSA) is 0 Å². The van der Waals surface area contributed by atoms with Crippen molar-refractivity contribution in [3.63, 3.8) is 0 Å². The molecule has 0 spiro atoms. The van der Waals surface area contributed by atoms with E-state index < -0.39 is 28.9 Å². The lowest BCUT2D eigenvalue weighted by Crippen LogP contribution is -2.18. The fourth-order valence-corrected chi connectivity index (χ4v) is 1.98. The van der Waals surface area contributed by atoms with Crippen molar-refractivity contribution in [3.8, 4) is 0 Å². The van der Waals surface area contributed by atoms with Crippen LogP contribution in [0.25, 0.3) is 0 Å². The standard InChI is InChI=1S/C14H6Cl2F5/c15-9-3-1-7(5-10(9)16)6-14(20,21)8-2-4-11(17)13(19)12(8)18/h1-6H. The molecule has 0 unspecified atom stereocenters. The van der Waals surface area contributed by atoms with Gasteiger partial charge >= 0.3 is 0 Å². The van der Waals surface area contributed by atoms with Gasteiger partial charge in [-0.25, -0.2) is 22.0 Å². The molecule has 0 saturated carbocycles. The largest absolute Gasteiger partial charge is 0.283 e. The van der Waals surface area contributed by atoms with Gasteiger partial charge < -0.3 is 0 Å². The van der Waals surface area contributed by atoms with Crippen molar-refractivity contribution in [2.45, 2.75) is 5.92 Å². The molecule has 0 aliphatic rings. The first-order chi connectivity index (χ1) is 9.72. The monoisotopic (exact) mass is 339 g/mol. The summed E-state index contributed by atoms with van der Waals surface area (Å²) in [6.45, 7) is 0. The molecular formula is C14H6Cl2F5. The summed E-state index contributed by atoms with van der Waals surface area (Å²) in [5.74, 6) is -9.27. The SMILES string of the molecule is Fc1ccc(C(F)(F)[CH]c2ccc(Cl)c(Cl)c2)c(F)c1F. The van der Waals surface area contributed by atoms with Gasteiger partial charge in [-0.05, 0) is 29.8 Å². The van der Waals surface area contributed by atoms with Crippen LogP contribution in [0.15, 0.2) is 30.3 Å². The van der Waals surface area contributed by atoms with Gasteiger partial charge in [0.05, 0.1) is 22.0 Å². The molecule has 1 radical (unpaired) electrons. The van der Waals surface area contributed by atoms with Crippen LogP contribution >= 0.6 is 23.2 Å². The maximum Gasteiger partial charge on any atom is 0.283 e. The first-order valence-electron chi connectivity index (χ1n) is 5.55. The Kier molecular flexibility index (Phi) is 4.44. The summed E-state index contributed by atoms with van der Waals surface area (Å²) in [6, 6.07) is 4.59. The third-order valence-corrected chi connectivity index (χ3v) is 3.42. The molecule has 0 aromatic heterocycles. The Labute approximate surface area is 127 Å². The van der Waals surface area contributed by atoms with Crippen molar-refractivity contribution >= 4 is 23.2 Å². The zero-order valence-electron chi connectivity index (χ0n) is 10.1. The van der Waals surface area contributed by atoms with Crippen LogP contribution < -0.4 is 0 Å². The molecule has 0 fully saturated rings. The van der Waals surface area contributed by atoms with Crippen LogP contribution in [0.2, 0.25) is 10.0 Å². The number of halogens is 7. The summed E-state index contributed by atoms with van der Waals surface area (Å²) in [7, 11) is 0. The van der Waals surface area contributed by atoms with E-state index in [1.54, 1.807) is 0 Å². The second-order valence-corrected chi connectivity index (χ2v) is 4.98. The van der Waals surface area contributed by atoms with E-state index in [-0.39, 0.29) is 15.6 Å². The smallest absolute Gasteiger partial charge is 0.204 e. The van der Waals surface area contributed by atoms with Crippen LogP contribution in [0.3, 0.4) is 0 Å². The molecule has 0 N–H and O–H groups in total. The molecule has 0 heterocycles. The summed E-state index contributed by atoms with van der Waals surface area (Å²) in [4.78, 5) is 0. The maximum atomic E-state index is 14.0. The lowest BCUT2D eigenvalue weighted by molar-refractivity contribution is 0.0319. The Hall–Kier alpha value is -1.33. The number of alkyl halides is 2. The van der Waals surface area contributed by atoms with Crippen molar-refractivity contribution in [2.24, 2.45) is 0 Å². The molecule has 7 heteroatoms. The molecule has 2 aromatic rings. The zero-order chi connectivity index (χ0) is 15.8. The molecule has 0 amide bonds. The minimum atomic E-state index is -3.85. The highest BCUT2D eigenvalue weighted by molar-refractivity contribution is 6.42. The van der Waals surface area contributed by atoms with Crippen molar-refractivity contribution in [2.75, 3.05) is 0 Å². The number of hydrogen-bond acceptors (Lipinski definition) is 0. The van der Waals surface area contributed by atoms with E-state index in [2.05, 4.69) is 0 Å². The van der Waals surface area contributed by atoms with Gasteiger partial charge in [-0.15, -0.1) is 0 Å². The van der Waals surface area contributed by atoms with Gasteiger partial charge in [0.1, 0.15) is 0 Å². The molecule has 111 valence electrons. The number of rotatable bonds is 3. The molecular weight excluding hydrogens is 334 g/mol. The lowest BCUT2D eigenvalue weighted by Gasteiger charge is -2.17. The zero-order valence-corrected chi connectivity index (χ0v) is 11.6. The normalized spacial score (nSPS) is 11.8. The summed E-state index contributed by atoms with van der Waals surface area (Å²) in [5.41, 5.74) is -1.31. The lowest BCUT2D eigenvalue weighted by atomic mass is 9.99. The first-order valence-corrected chi connectivity index (χ1v) is 6.30. The highest BCUT2D eigenvalue weighted by Crippen LogP contribution is 2.37. The Bertz CT molecular complexity index is 685. The summed E-state index contributed by atoms with van der Waals surface area (Å²) >= 11 is 11.3. The predicted molar refractivity (Wildman–Crippen MR) is 70.1 cm³/mol. The van der Waals surface area contributed by atoms with E-state index in [0.717, 1.165) is 6.07 Å². The highest BCUT2D eigenvalue weighted by Gasteiger charge is 2.37. The predicted octanol–water partition coefficient (Wildman–Crippen LogP) is 5.76. The van der Waals surface area contributed by atoms with E-state index in [1.807, 2.05) is 0 Å². The Morgan fingerprint density at radius 3 is 2.14 bits per heavy atom. The molecule has 0 nitrogen and oxygen atoms in total. The number of benzene rings is 2. The fraction of sp³-hybridized carbons (Fsp3) is 0.0714. The van der Waals surface area contributed by atoms with Crippen LogP contribution in [0.1, 0.15) is 11.1 Å². The van der Waals surface area contributed by atoms with Crippen LogP contribution in [0.5, 0.6) is 0 Å². The molecule has 0 aliphatic carbocycles. The van der Waals surface area contributed by atoms with Crippen molar-refractivity contribution < 1.29 is 22.0 Å². The van der Waals surface area contributed by atoms with Gasteiger partial charge in [-0.1, -0.05) is 29.3 Å². The van der Waals surface area contributed by atoms with E-state index in [0.29, 0.717) is 18.6 Å². The van der Waals surface area contributed by atoms with Crippen LogP contribution in [0, 0.1) is 23.9 Å². The van der Waals surface area contributed by atoms with E-state index >= 15 is 0 Å². The number of hydrogen-bond donors (Lipinski definition) is 0. The Morgan fingerprint density at radius 1 is 0.857 bits per heavy atom. The first kappa shape index (κ1) is 16.0. The van der Waals surface area contributed by atoms with Gasteiger partial charge in [0.2, 0.25) is 0 Å². The van der Waals surface area contributed by atoms with Gasteiger partial charge in [0.25, 0.3) is 5.92 Å². The minimum absolute atomic E-state index is 0.0342. The van der Waals surface area contributed by atoms with Crippen molar-refractivity contribution in [3.05, 3.63) is 75.4 Å². The van der Waals surface area contributed by atoms with Crippen molar-refractivity contribution in [1.29, 1.82) is 0 Å². The van der Waals surface area contributed by atoms with E-state index in [1.165, 1.54) is 12.1 Å². The van der Waals surface area contributed by atoms with E-state index in [4.69, 9.17) is 23.2 Å². The van der Waals surface area contributed by atoms with Gasteiger partial charge in [-0.3, -0.25) is 0 Å². The van der Waals surface area contributed by atoms with Crippen molar-refractivity contribution in [1.82, 2.24) is 0 Å². The second-order valence-electron chi connectivity index (χ2n) is 4.16. The van der Waals surface area contributed by atoms with Gasteiger partial charge in [0, 0.05) is 0 Å². The van der Waals surface area contributed by atoms with Gasteiger partial charge in [0.15, 0.2) is 17.5 Å². The van der Waals surface area contributed by atoms with Crippen LogP contribution in [-0.2, 0) is 5.92 Å². The third kappa shape index (κ3) is 3.30. The molecule has 0 saturated heterocycles. The Morgan fingerprint density at radius 2 is 1.52 bits per heavy atom. The summed E-state index contributed by atoms with van der Waals surface area (Å²) < 4.78 is 67.2. The summed E-state index contributed by atoms with van der Waals surface area (Å²) in [5, 5.41) is 0.197. The quantitative estimate of drug-likeness (QED) is 0.493. The third-order valence-electron chi connectivity index (χ3n) is 2.69. The molecule has 0 aliphatic heterocycles. The molecule has 21 heavy (non-hydrogen) atoms. The second kappa shape index (κ2) is 5.81. The molecule has 0 atom stereocenters. The van der Waals surface area contributed by atoms with Gasteiger partial charge in [-0.2, -0.15) is 0 Å². The Balaban J connectivity index is 2.38. The maximum absolute atomic E-state index is 14.0. The fourth-order valence-electron chi connectivity index (χ4n) is 1.67. The average Bonchev–Trinajstić information content (AvgIpc) is 2.39. The highest BCUT2D eigenvalue weighted by atomic mass is 35.5. The van der Waals surface area contributed by atoms with Crippen LogP contribution in [-0.4, -0.2) is 0 Å². The average molecular weight is 340 g/mol. The minimum Gasteiger partial charge on any atom is -0.204 e. The van der Waals surface area contributed by atoms with E-state index in [9.17, 15) is 22.0 Å². The van der Waals surface area contributed by atoms with Crippen LogP contribution in [0.4, 0.5) is 22.0 Å². The molecule has 2 rings (SSSR count). The summed E-state index contributed by atoms with van der Waals surface area (Å²) in [6.07, 6.45) is 0.380.